The second kappa shape index (κ2) is 3.99. The van der Waals surface area contributed by atoms with Crippen molar-refractivity contribution < 1.29 is 9.84 Å². The van der Waals surface area contributed by atoms with Gasteiger partial charge in [0.05, 0.1) is 13.2 Å². The van der Waals surface area contributed by atoms with Crippen molar-refractivity contribution in [2.24, 2.45) is 0 Å². The molecule has 0 bridgehead atoms. The normalized spacial score (nSPS) is 15.9. The number of benzene rings is 1. The summed E-state index contributed by atoms with van der Waals surface area (Å²) in [5, 5.41) is 10.7. The maximum Gasteiger partial charge on any atom is 0.123 e. The van der Waals surface area contributed by atoms with E-state index in [1.54, 1.807) is 0 Å². The van der Waals surface area contributed by atoms with Crippen LogP contribution in [0.25, 0.3) is 0 Å². The van der Waals surface area contributed by atoms with E-state index in [1.165, 1.54) is 11.1 Å². The number of rotatable bonds is 0. The van der Waals surface area contributed by atoms with E-state index in [1.807, 2.05) is 0 Å². The van der Waals surface area contributed by atoms with Gasteiger partial charge < -0.3 is 9.84 Å². The first-order valence-electron chi connectivity index (χ1n) is 6.59. The van der Waals surface area contributed by atoms with Gasteiger partial charge in [0.2, 0.25) is 0 Å². The highest BCUT2D eigenvalue weighted by Gasteiger charge is 2.31. The van der Waals surface area contributed by atoms with E-state index in [-0.39, 0.29) is 10.8 Å². The summed E-state index contributed by atoms with van der Waals surface area (Å²) in [5.74, 6) is 0.458. The van der Waals surface area contributed by atoms with Crippen LogP contribution in [0.1, 0.15) is 63.8 Å². The van der Waals surface area contributed by atoms with Crippen LogP contribution >= 0.6 is 0 Å². The minimum atomic E-state index is -0.0663. The highest BCUT2D eigenvalue weighted by Crippen LogP contribution is 2.44. The van der Waals surface area contributed by atoms with Crippen LogP contribution in [-0.2, 0) is 28.8 Å². The zero-order valence-electron chi connectivity index (χ0n) is 12.3. The number of phenolic OH excluding ortho intramolecular Hbond substituents is 1. The summed E-state index contributed by atoms with van der Waals surface area (Å²) in [4.78, 5) is 0. The molecule has 0 saturated carbocycles. The molecular formula is C16H24O2. The van der Waals surface area contributed by atoms with Crippen LogP contribution in [0.4, 0.5) is 0 Å². The molecule has 1 N–H and O–H groups in total. The minimum absolute atomic E-state index is 0.0539. The fraction of sp³-hybridized carbons (Fsp3) is 0.625. The fourth-order valence-corrected chi connectivity index (χ4v) is 2.70. The average molecular weight is 248 g/mol. The monoisotopic (exact) mass is 248 g/mol. The van der Waals surface area contributed by atoms with Crippen molar-refractivity contribution in [1.82, 2.24) is 0 Å². The summed E-state index contributed by atoms with van der Waals surface area (Å²) >= 11 is 0. The molecule has 0 spiro atoms. The standard InChI is InChI=1S/C16H24O2/c1-15(2,3)12-7-10-8-18-9-11(10)13(14(12)17)16(4,5)6/h7,17H,8-9H2,1-6H3. The first kappa shape index (κ1) is 13.4. The third kappa shape index (κ3) is 2.14. The van der Waals surface area contributed by atoms with E-state index in [4.69, 9.17) is 4.74 Å². The molecule has 2 nitrogen and oxygen atoms in total. The Morgan fingerprint density at radius 3 is 2.11 bits per heavy atom. The Hall–Kier alpha value is -1.02. The lowest BCUT2D eigenvalue weighted by molar-refractivity contribution is 0.133. The number of hydrogen-bond acceptors (Lipinski definition) is 2. The lowest BCUT2D eigenvalue weighted by Gasteiger charge is -2.29. The Morgan fingerprint density at radius 1 is 1.00 bits per heavy atom. The average Bonchev–Trinajstić information content (AvgIpc) is 2.59. The van der Waals surface area contributed by atoms with Crippen LogP contribution in [0.2, 0.25) is 0 Å². The zero-order valence-corrected chi connectivity index (χ0v) is 12.3. The van der Waals surface area contributed by atoms with Crippen molar-refractivity contribution in [3.63, 3.8) is 0 Å². The van der Waals surface area contributed by atoms with Gasteiger partial charge in [0.25, 0.3) is 0 Å². The fourth-order valence-electron chi connectivity index (χ4n) is 2.70. The smallest absolute Gasteiger partial charge is 0.123 e. The summed E-state index contributed by atoms with van der Waals surface area (Å²) in [6, 6.07) is 2.12. The Morgan fingerprint density at radius 2 is 1.61 bits per heavy atom. The van der Waals surface area contributed by atoms with E-state index < -0.39 is 0 Å². The summed E-state index contributed by atoms with van der Waals surface area (Å²) in [7, 11) is 0. The summed E-state index contributed by atoms with van der Waals surface area (Å²) < 4.78 is 5.56. The van der Waals surface area contributed by atoms with Crippen LogP contribution < -0.4 is 0 Å². The second-order valence-electron chi connectivity index (χ2n) is 7.28. The molecule has 0 fully saturated rings. The van der Waals surface area contributed by atoms with Crippen molar-refractivity contribution in [1.29, 1.82) is 0 Å². The lowest BCUT2D eigenvalue weighted by atomic mass is 9.76. The Labute approximate surface area is 110 Å². The van der Waals surface area contributed by atoms with Gasteiger partial charge in [-0.25, -0.2) is 0 Å². The third-order valence-electron chi connectivity index (χ3n) is 3.56. The van der Waals surface area contributed by atoms with E-state index in [9.17, 15) is 5.11 Å². The molecule has 1 aliphatic heterocycles. The Balaban J connectivity index is 2.76. The molecule has 0 atom stereocenters. The predicted molar refractivity (Wildman–Crippen MR) is 74.0 cm³/mol. The molecule has 2 heteroatoms. The highest BCUT2D eigenvalue weighted by atomic mass is 16.5. The van der Waals surface area contributed by atoms with Crippen molar-refractivity contribution >= 4 is 0 Å². The number of aromatic hydroxyl groups is 1. The van der Waals surface area contributed by atoms with E-state index in [0.29, 0.717) is 19.0 Å². The summed E-state index contributed by atoms with van der Waals surface area (Å²) in [6.45, 7) is 14.1. The van der Waals surface area contributed by atoms with Crippen molar-refractivity contribution in [2.75, 3.05) is 0 Å². The van der Waals surface area contributed by atoms with Gasteiger partial charge in [0.15, 0.2) is 0 Å². The van der Waals surface area contributed by atoms with Gasteiger partial charge in [0, 0.05) is 5.56 Å². The number of ether oxygens (including phenoxy) is 1. The van der Waals surface area contributed by atoms with Crippen LogP contribution in [0.15, 0.2) is 6.07 Å². The number of fused-ring (bicyclic) bond motifs is 1. The second-order valence-corrected chi connectivity index (χ2v) is 7.28. The van der Waals surface area contributed by atoms with Gasteiger partial charge in [-0.1, -0.05) is 41.5 Å². The molecule has 0 unspecified atom stereocenters. The Kier molecular flexibility index (Phi) is 2.97. The van der Waals surface area contributed by atoms with Crippen LogP contribution in [-0.4, -0.2) is 5.11 Å². The molecule has 1 aromatic carbocycles. The molecule has 2 rings (SSSR count). The maximum absolute atomic E-state index is 10.7. The van der Waals surface area contributed by atoms with Gasteiger partial charge in [-0.15, -0.1) is 0 Å². The van der Waals surface area contributed by atoms with Gasteiger partial charge in [-0.05, 0) is 33.6 Å². The molecule has 0 radical (unpaired) electrons. The molecule has 0 saturated heterocycles. The van der Waals surface area contributed by atoms with Crippen LogP contribution in [0, 0.1) is 0 Å². The number of hydrogen-bond donors (Lipinski definition) is 1. The molecular weight excluding hydrogens is 224 g/mol. The van der Waals surface area contributed by atoms with Gasteiger partial charge in [-0.3, -0.25) is 0 Å². The Bertz CT molecular complexity index is 473. The van der Waals surface area contributed by atoms with Gasteiger partial charge in [-0.2, -0.15) is 0 Å². The molecule has 0 aromatic heterocycles. The molecule has 0 amide bonds. The molecule has 18 heavy (non-hydrogen) atoms. The van der Waals surface area contributed by atoms with Crippen LogP contribution in [0.5, 0.6) is 5.75 Å². The zero-order chi connectivity index (χ0) is 13.7. The van der Waals surface area contributed by atoms with E-state index >= 15 is 0 Å². The lowest BCUT2D eigenvalue weighted by Crippen LogP contribution is -2.19. The maximum atomic E-state index is 10.7. The molecule has 1 aliphatic rings. The van der Waals surface area contributed by atoms with Crippen molar-refractivity contribution in [3.05, 3.63) is 28.3 Å². The first-order valence-corrected chi connectivity index (χ1v) is 6.59. The van der Waals surface area contributed by atoms with E-state index in [0.717, 1.165) is 11.1 Å². The van der Waals surface area contributed by atoms with E-state index in [2.05, 4.69) is 47.6 Å². The molecule has 0 aliphatic carbocycles. The van der Waals surface area contributed by atoms with Crippen molar-refractivity contribution in [3.8, 4) is 5.75 Å². The van der Waals surface area contributed by atoms with Gasteiger partial charge >= 0.3 is 0 Å². The quantitative estimate of drug-likeness (QED) is 0.751. The summed E-state index contributed by atoms with van der Waals surface area (Å²) in [6.07, 6.45) is 0. The minimum Gasteiger partial charge on any atom is -0.507 e. The molecule has 1 heterocycles. The topological polar surface area (TPSA) is 29.5 Å². The van der Waals surface area contributed by atoms with Gasteiger partial charge in [0.1, 0.15) is 5.75 Å². The third-order valence-corrected chi connectivity index (χ3v) is 3.56. The van der Waals surface area contributed by atoms with Crippen LogP contribution in [0.3, 0.4) is 0 Å². The molecule has 1 aromatic rings. The predicted octanol–water partition coefficient (Wildman–Crippen LogP) is 4.02. The SMILES string of the molecule is CC(C)(C)c1cc2c(c(C(C)(C)C)c1O)COC2. The summed E-state index contributed by atoms with van der Waals surface area (Å²) in [5.41, 5.74) is 4.39. The number of phenols is 1. The highest BCUT2D eigenvalue weighted by molar-refractivity contribution is 5.55. The largest absolute Gasteiger partial charge is 0.507 e. The molecule has 100 valence electrons. The van der Waals surface area contributed by atoms with Crippen molar-refractivity contribution in [2.45, 2.75) is 65.6 Å². The first-order chi connectivity index (χ1) is 8.12.